The lowest BCUT2D eigenvalue weighted by Gasteiger charge is -2.31. The second-order valence-electron chi connectivity index (χ2n) is 9.71. The maximum atomic E-state index is 12.9. The van der Waals surface area contributed by atoms with Crippen LogP contribution in [0.2, 0.25) is 0 Å². The van der Waals surface area contributed by atoms with Crippen molar-refractivity contribution in [2.75, 3.05) is 26.2 Å². The monoisotopic (exact) mass is 525 g/mol. The fourth-order valence-electron chi connectivity index (χ4n) is 4.94. The maximum absolute atomic E-state index is 12.9. The second-order valence-corrected chi connectivity index (χ2v) is 9.71. The van der Waals surface area contributed by atoms with Gasteiger partial charge < -0.3 is 29.5 Å². The Morgan fingerprint density at radius 3 is 2.39 bits per heavy atom. The molecule has 3 N–H and O–H groups in total. The summed E-state index contributed by atoms with van der Waals surface area (Å²) in [5.74, 6) is -2.49. The van der Waals surface area contributed by atoms with E-state index in [2.05, 4.69) is 10.6 Å². The van der Waals surface area contributed by atoms with E-state index < -0.39 is 24.0 Å². The van der Waals surface area contributed by atoms with Crippen LogP contribution in [-0.4, -0.2) is 59.9 Å². The normalized spacial score (nSPS) is 14.1. The van der Waals surface area contributed by atoms with Crippen LogP contribution >= 0.6 is 0 Å². The molecule has 0 aliphatic carbocycles. The van der Waals surface area contributed by atoms with Gasteiger partial charge in [0, 0.05) is 47.3 Å². The summed E-state index contributed by atoms with van der Waals surface area (Å²) in [6.45, 7) is 5.66. The summed E-state index contributed by atoms with van der Waals surface area (Å²) in [5.41, 5.74) is 3.74. The van der Waals surface area contributed by atoms with E-state index in [1.54, 1.807) is 11.2 Å². The Morgan fingerprint density at radius 2 is 1.71 bits per heavy atom. The van der Waals surface area contributed by atoms with E-state index in [0.29, 0.717) is 42.7 Å². The van der Waals surface area contributed by atoms with Crippen molar-refractivity contribution in [3.8, 4) is 0 Å². The molecule has 3 heterocycles. The van der Waals surface area contributed by atoms with Crippen LogP contribution in [0.1, 0.15) is 41.5 Å². The van der Waals surface area contributed by atoms with Gasteiger partial charge in [-0.15, -0.1) is 0 Å². The summed E-state index contributed by atoms with van der Waals surface area (Å²) in [6.07, 6.45) is 2.96. The molecule has 0 bridgehead atoms. The molecule has 0 atom stereocenters. The molecule has 0 unspecified atom stereocenters. The molecule has 11 nitrogen and oxygen atoms in total. The number of rotatable bonds is 8. The average molecular weight is 526 g/mol. The number of nitrogens with zero attached hydrogens (tertiary/aromatic N) is 1. The molecule has 202 valence electrons. The highest BCUT2D eigenvalue weighted by Crippen LogP contribution is 2.32. The summed E-state index contributed by atoms with van der Waals surface area (Å²) >= 11 is 0. The van der Waals surface area contributed by atoms with Gasteiger partial charge in [-0.05, 0) is 57.2 Å². The van der Waals surface area contributed by atoms with Crippen LogP contribution in [0.5, 0.6) is 0 Å². The SMILES string of the molecule is Cc1coc2c(C)c3oc(=O)c(CCC(=O)N4CCC(C(=O)NCC(=O)NCC(=O)O)CC4)c(C)c3cc12. The summed E-state index contributed by atoms with van der Waals surface area (Å²) < 4.78 is 11.3. The zero-order valence-electron chi connectivity index (χ0n) is 21.6. The van der Waals surface area contributed by atoms with E-state index in [0.717, 1.165) is 27.5 Å². The van der Waals surface area contributed by atoms with Crippen molar-refractivity contribution in [2.24, 2.45) is 5.92 Å². The smallest absolute Gasteiger partial charge is 0.339 e. The van der Waals surface area contributed by atoms with Crippen molar-refractivity contribution < 1.29 is 33.1 Å². The zero-order chi connectivity index (χ0) is 27.6. The van der Waals surface area contributed by atoms with E-state index in [-0.39, 0.29) is 37.1 Å². The predicted molar refractivity (Wildman–Crippen MR) is 138 cm³/mol. The Bertz CT molecular complexity index is 1480. The van der Waals surface area contributed by atoms with Gasteiger partial charge in [0.05, 0.1) is 12.8 Å². The first kappa shape index (κ1) is 26.9. The number of furan rings is 1. The summed E-state index contributed by atoms with van der Waals surface area (Å²) in [4.78, 5) is 61.8. The topological polar surface area (TPSA) is 159 Å². The van der Waals surface area contributed by atoms with E-state index in [9.17, 15) is 24.0 Å². The molecule has 1 saturated heterocycles. The highest BCUT2D eigenvalue weighted by molar-refractivity contribution is 5.99. The summed E-state index contributed by atoms with van der Waals surface area (Å²) in [6, 6.07) is 1.96. The van der Waals surface area contributed by atoms with Gasteiger partial charge in [-0.25, -0.2) is 4.79 Å². The summed E-state index contributed by atoms with van der Waals surface area (Å²) in [5, 5.41) is 15.0. The lowest BCUT2D eigenvalue weighted by molar-refractivity contribution is -0.138. The van der Waals surface area contributed by atoms with Gasteiger partial charge in [0.1, 0.15) is 17.7 Å². The number of carboxylic acids is 1. The van der Waals surface area contributed by atoms with Crippen LogP contribution in [0.4, 0.5) is 0 Å². The van der Waals surface area contributed by atoms with Crippen molar-refractivity contribution in [1.82, 2.24) is 15.5 Å². The highest BCUT2D eigenvalue weighted by atomic mass is 16.4. The minimum absolute atomic E-state index is 0.104. The lowest BCUT2D eigenvalue weighted by Crippen LogP contribution is -2.45. The minimum atomic E-state index is -1.17. The molecule has 1 fully saturated rings. The number of carbonyl (C=O) groups excluding carboxylic acids is 3. The molecule has 3 amide bonds. The van der Waals surface area contributed by atoms with Crippen LogP contribution in [0, 0.1) is 26.7 Å². The molecule has 0 radical (unpaired) electrons. The molecule has 38 heavy (non-hydrogen) atoms. The molecule has 1 aliphatic rings. The van der Waals surface area contributed by atoms with Gasteiger partial charge in [-0.3, -0.25) is 19.2 Å². The molecule has 4 rings (SSSR count). The van der Waals surface area contributed by atoms with E-state index in [1.165, 1.54) is 0 Å². The largest absolute Gasteiger partial charge is 0.480 e. The Morgan fingerprint density at radius 1 is 1.00 bits per heavy atom. The van der Waals surface area contributed by atoms with E-state index >= 15 is 0 Å². The van der Waals surface area contributed by atoms with Crippen LogP contribution in [0.3, 0.4) is 0 Å². The molecular weight excluding hydrogens is 494 g/mol. The quantitative estimate of drug-likeness (QED) is 0.376. The molecule has 2 aromatic heterocycles. The molecule has 3 aromatic rings. The number of likely N-dealkylation sites (tertiary alicyclic amines) is 1. The number of hydrogen-bond acceptors (Lipinski definition) is 7. The maximum Gasteiger partial charge on any atom is 0.339 e. The first-order chi connectivity index (χ1) is 18.1. The van der Waals surface area contributed by atoms with Crippen molar-refractivity contribution in [3.05, 3.63) is 45.0 Å². The Hall–Kier alpha value is -4.15. The van der Waals surface area contributed by atoms with E-state index in [1.807, 2.05) is 26.8 Å². The molecule has 1 aromatic carbocycles. The zero-order valence-corrected chi connectivity index (χ0v) is 21.6. The average Bonchev–Trinajstić information content (AvgIpc) is 3.27. The van der Waals surface area contributed by atoms with Crippen molar-refractivity contribution in [2.45, 2.75) is 46.5 Å². The number of amides is 3. The van der Waals surface area contributed by atoms with Crippen molar-refractivity contribution in [3.63, 3.8) is 0 Å². The third-order valence-electron chi connectivity index (χ3n) is 7.20. The molecule has 0 saturated carbocycles. The number of carbonyl (C=O) groups is 4. The minimum Gasteiger partial charge on any atom is -0.480 e. The fraction of sp³-hybridized carbons (Fsp3) is 0.444. The van der Waals surface area contributed by atoms with Gasteiger partial charge in [0.25, 0.3) is 0 Å². The Kier molecular flexibility index (Phi) is 7.84. The first-order valence-electron chi connectivity index (χ1n) is 12.5. The number of carboxylic acid groups (broad SMARTS) is 1. The molecule has 11 heteroatoms. The molecule has 1 aliphatic heterocycles. The molecule has 0 spiro atoms. The van der Waals surface area contributed by atoms with Gasteiger partial charge in [0.15, 0.2) is 0 Å². The highest BCUT2D eigenvalue weighted by Gasteiger charge is 2.28. The standard InChI is InChI=1S/C27H31N3O8/c1-14-13-37-24-16(3)25-20(10-19(14)24)15(2)18(27(36)38-25)4-5-22(32)30-8-6-17(7-9-30)26(35)29-11-21(31)28-12-23(33)34/h10,13,17H,4-9,11-12H2,1-3H3,(H,28,31)(H,29,35)(H,33,34). The van der Waals surface area contributed by atoms with Gasteiger partial charge in [-0.2, -0.15) is 0 Å². The van der Waals surface area contributed by atoms with Crippen LogP contribution in [0.25, 0.3) is 21.9 Å². The van der Waals surface area contributed by atoms with Crippen LogP contribution in [-0.2, 0) is 25.6 Å². The lowest BCUT2D eigenvalue weighted by atomic mass is 9.95. The Balaban J connectivity index is 1.34. The van der Waals surface area contributed by atoms with Crippen LogP contribution < -0.4 is 16.3 Å². The number of benzene rings is 1. The fourth-order valence-corrected chi connectivity index (χ4v) is 4.94. The third kappa shape index (κ3) is 5.56. The number of aryl methyl sites for hydroxylation is 3. The number of fused-ring (bicyclic) bond motifs is 2. The first-order valence-corrected chi connectivity index (χ1v) is 12.5. The van der Waals surface area contributed by atoms with Gasteiger partial charge in [0.2, 0.25) is 17.7 Å². The Labute approximate surface area is 218 Å². The molecular formula is C27H31N3O8. The van der Waals surface area contributed by atoms with Gasteiger partial charge >= 0.3 is 11.6 Å². The van der Waals surface area contributed by atoms with Crippen LogP contribution in [0.15, 0.2) is 26.0 Å². The summed E-state index contributed by atoms with van der Waals surface area (Å²) in [7, 11) is 0. The number of aliphatic carboxylic acids is 1. The predicted octanol–water partition coefficient (Wildman–Crippen LogP) is 1.95. The second kappa shape index (κ2) is 11.1. The third-order valence-corrected chi connectivity index (χ3v) is 7.20. The van der Waals surface area contributed by atoms with Gasteiger partial charge in [-0.1, -0.05) is 0 Å². The van der Waals surface area contributed by atoms with E-state index in [4.69, 9.17) is 13.9 Å². The number of hydrogen-bond donors (Lipinski definition) is 3. The number of piperidine rings is 1. The number of nitrogens with one attached hydrogen (secondary N) is 2. The van der Waals surface area contributed by atoms with Crippen molar-refractivity contribution >= 4 is 45.6 Å². The van der Waals surface area contributed by atoms with Crippen molar-refractivity contribution in [1.29, 1.82) is 0 Å².